The van der Waals surface area contributed by atoms with E-state index in [1.165, 1.54) is 12.4 Å². The van der Waals surface area contributed by atoms with Gasteiger partial charge in [-0.3, -0.25) is 0 Å². The lowest BCUT2D eigenvalue weighted by atomic mass is 10.0. The van der Waals surface area contributed by atoms with E-state index < -0.39 is 5.60 Å². The van der Waals surface area contributed by atoms with E-state index in [1.807, 2.05) is 0 Å². The van der Waals surface area contributed by atoms with Gasteiger partial charge in [0.2, 0.25) is 0 Å². The van der Waals surface area contributed by atoms with Crippen molar-refractivity contribution in [2.75, 3.05) is 46.5 Å². The second kappa shape index (κ2) is 5.92. The van der Waals surface area contributed by atoms with Crippen LogP contribution in [-0.2, 0) is 15.1 Å². The van der Waals surface area contributed by atoms with Crippen LogP contribution in [-0.4, -0.2) is 67.5 Å². The van der Waals surface area contributed by atoms with Crippen molar-refractivity contribution in [2.45, 2.75) is 5.60 Å². The van der Waals surface area contributed by atoms with Gasteiger partial charge in [0.25, 0.3) is 0 Å². The molecule has 2 aliphatic heterocycles. The highest BCUT2D eigenvalue weighted by Crippen LogP contribution is 2.30. The highest BCUT2D eigenvalue weighted by Gasteiger charge is 2.43. The number of nitrogens with zero attached hydrogens (tertiary/aromatic N) is 3. The van der Waals surface area contributed by atoms with Gasteiger partial charge in [0, 0.05) is 33.3 Å². The van der Waals surface area contributed by atoms with Crippen LogP contribution in [0.2, 0.25) is 0 Å². The predicted molar refractivity (Wildman–Crippen MR) is 72.0 cm³/mol. The van der Waals surface area contributed by atoms with Crippen molar-refractivity contribution in [3.8, 4) is 5.75 Å². The van der Waals surface area contributed by atoms with Crippen molar-refractivity contribution in [2.24, 2.45) is 0 Å². The van der Waals surface area contributed by atoms with Gasteiger partial charge in [-0.1, -0.05) is 0 Å². The second-order valence-electron chi connectivity index (χ2n) is 5.04. The lowest BCUT2D eigenvalue weighted by Crippen LogP contribution is -2.49. The maximum absolute atomic E-state index is 11.9. The maximum atomic E-state index is 11.9. The van der Waals surface area contributed by atoms with E-state index in [4.69, 9.17) is 14.2 Å². The van der Waals surface area contributed by atoms with E-state index in [2.05, 4.69) is 15.3 Å². The molecule has 3 heterocycles. The van der Waals surface area contributed by atoms with E-state index in [0.29, 0.717) is 37.9 Å². The number of carbonyl (C=O) groups excluding carboxylic acids is 1. The third-order valence-electron chi connectivity index (χ3n) is 3.68. The Morgan fingerprint density at radius 2 is 2.00 bits per heavy atom. The predicted octanol–water partition coefficient (Wildman–Crippen LogP) is -0.247. The molecule has 0 unspecified atom stereocenters. The fourth-order valence-electron chi connectivity index (χ4n) is 2.24. The first kappa shape index (κ1) is 14.2. The van der Waals surface area contributed by atoms with Crippen LogP contribution in [0.25, 0.3) is 0 Å². The van der Waals surface area contributed by atoms with E-state index >= 15 is 0 Å². The summed E-state index contributed by atoms with van der Waals surface area (Å²) >= 11 is 0. The fourth-order valence-corrected chi connectivity index (χ4v) is 2.24. The van der Waals surface area contributed by atoms with Gasteiger partial charge in [-0.25, -0.2) is 14.8 Å². The van der Waals surface area contributed by atoms with Crippen molar-refractivity contribution in [1.29, 1.82) is 0 Å². The minimum Gasteiger partial charge on any atom is -0.407 e. The standard InChI is InChI=1S/C13H18N4O4/c1-19-13(8-20-9-13)11-15-6-10(7-16-11)21-12(18)17-4-2-14-3-5-17/h6-7,14H,2-5,8-9H2,1H3. The van der Waals surface area contributed by atoms with Crippen LogP contribution in [0.5, 0.6) is 5.75 Å². The van der Waals surface area contributed by atoms with Gasteiger partial charge in [-0.2, -0.15) is 0 Å². The first-order valence-electron chi connectivity index (χ1n) is 6.86. The summed E-state index contributed by atoms with van der Waals surface area (Å²) in [6.07, 6.45) is 2.60. The molecule has 8 heteroatoms. The number of hydrogen-bond donors (Lipinski definition) is 1. The van der Waals surface area contributed by atoms with Gasteiger partial charge in [0.05, 0.1) is 25.6 Å². The molecular weight excluding hydrogens is 276 g/mol. The average Bonchev–Trinajstić information content (AvgIpc) is 2.49. The van der Waals surface area contributed by atoms with Crippen LogP contribution < -0.4 is 10.1 Å². The van der Waals surface area contributed by atoms with Gasteiger partial charge in [-0.05, 0) is 0 Å². The minimum atomic E-state index is -0.568. The fraction of sp³-hybridized carbons (Fsp3) is 0.615. The molecule has 21 heavy (non-hydrogen) atoms. The van der Waals surface area contributed by atoms with Crippen LogP contribution in [0, 0.1) is 0 Å². The Labute approximate surface area is 122 Å². The molecule has 0 aliphatic carbocycles. The number of nitrogens with one attached hydrogen (secondary N) is 1. The summed E-state index contributed by atoms with van der Waals surface area (Å²) in [6, 6.07) is 0. The molecule has 0 bridgehead atoms. The molecular formula is C13H18N4O4. The molecule has 0 aromatic carbocycles. The van der Waals surface area contributed by atoms with Crippen LogP contribution in [0.15, 0.2) is 12.4 Å². The molecule has 1 N–H and O–H groups in total. The van der Waals surface area contributed by atoms with Crippen LogP contribution >= 0.6 is 0 Å². The summed E-state index contributed by atoms with van der Waals surface area (Å²) in [5.74, 6) is 0.868. The summed E-state index contributed by atoms with van der Waals surface area (Å²) in [7, 11) is 1.60. The number of methoxy groups -OCH3 is 1. The van der Waals surface area contributed by atoms with Crippen molar-refractivity contribution in [1.82, 2.24) is 20.2 Å². The zero-order valence-corrected chi connectivity index (χ0v) is 11.9. The highest BCUT2D eigenvalue weighted by atomic mass is 16.6. The Bertz CT molecular complexity index is 492. The molecule has 2 aliphatic rings. The van der Waals surface area contributed by atoms with E-state index in [0.717, 1.165) is 13.1 Å². The molecule has 2 saturated heterocycles. The SMILES string of the molecule is COC1(c2ncc(OC(=O)N3CCNCC3)cn2)COC1. The molecule has 1 aromatic rings. The first-order chi connectivity index (χ1) is 10.2. The number of rotatable bonds is 3. The Hall–Kier alpha value is -1.77. The molecule has 1 aromatic heterocycles. The summed E-state index contributed by atoms with van der Waals surface area (Å²) < 4.78 is 15.8. The third kappa shape index (κ3) is 2.82. The van der Waals surface area contributed by atoms with Crippen molar-refractivity contribution >= 4 is 6.09 Å². The Morgan fingerprint density at radius 3 is 2.52 bits per heavy atom. The quantitative estimate of drug-likeness (QED) is 0.823. The van der Waals surface area contributed by atoms with Gasteiger partial charge < -0.3 is 24.4 Å². The van der Waals surface area contributed by atoms with E-state index in [1.54, 1.807) is 12.0 Å². The number of ether oxygens (including phenoxy) is 3. The summed E-state index contributed by atoms with van der Waals surface area (Å²) in [6.45, 7) is 3.71. The van der Waals surface area contributed by atoms with Crippen molar-refractivity contribution < 1.29 is 19.0 Å². The van der Waals surface area contributed by atoms with Crippen molar-refractivity contribution in [3.05, 3.63) is 18.2 Å². The smallest absolute Gasteiger partial charge is 0.407 e. The molecule has 8 nitrogen and oxygen atoms in total. The molecule has 114 valence electrons. The molecule has 0 spiro atoms. The normalized spacial score (nSPS) is 20.7. The Morgan fingerprint density at radius 1 is 1.33 bits per heavy atom. The van der Waals surface area contributed by atoms with Crippen LogP contribution in [0.4, 0.5) is 4.79 Å². The third-order valence-corrected chi connectivity index (χ3v) is 3.68. The summed E-state index contributed by atoms with van der Waals surface area (Å²) in [5.41, 5.74) is -0.568. The Kier molecular flexibility index (Phi) is 4.00. The number of piperazine rings is 1. The zero-order chi connectivity index (χ0) is 14.7. The molecule has 2 fully saturated rings. The first-order valence-corrected chi connectivity index (χ1v) is 6.86. The molecule has 0 atom stereocenters. The highest BCUT2D eigenvalue weighted by molar-refractivity contribution is 5.70. The van der Waals surface area contributed by atoms with Crippen LogP contribution in [0.1, 0.15) is 5.82 Å². The summed E-state index contributed by atoms with van der Waals surface area (Å²) in [4.78, 5) is 22.0. The number of carbonyl (C=O) groups is 1. The van der Waals surface area contributed by atoms with Gasteiger partial charge >= 0.3 is 6.09 Å². The monoisotopic (exact) mass is 294 g/mol. The Balaban J connectivity index is 1.63. The van der Waals surface area contributed by atoms with Crippen molar-refractivity contribution in [3.63, 3.8) is 0 Å². The number of amides is 1. The summed E-state index contributed by atoms with van der Waals surface area (Å²) in [5, 5.41) is 3.18. The van der Waals surface area contributed by atoms with E-state index in [9.17, 15) is 4.79 Å². The van der Waals surface area contributed by atoms with E-state index in [-0.39, 0.29) is 6.09 Å². The topological polar surface area (TPSA) is 85.8 Å². The number of aromatic nitrogens is 2. The molecule has 0 radical (unpaired) electrons. The lowest BCUT2D eigenvalue weighted by molar-refractivity contribution is -0.207. The minimum absolute atomic E-state index is 0.328. The molecule has 3 rings (SSSR count). The second-order valence-corrected chi connectivity index (χ2v) is 5.04. The van der Waals surface area contributed by atoms with Gasteiger partial charge in [0.15, 0.2) is 17.2 Å². The zero-order valence-electron chi connectivity index (χ0n) is 11.9. The average molecular weight is 294 g/mol. The molecule has 1 amide bonds. The van der Waals surface area contributed by atoms with Gasteiger partial charge in [0.1, 0.15) is 0 Å². The lowest BCUT2D eigenvalue weighted by Gasteiger charge is -2.38. The maximum Gasteiger partial charge on any atom is 0.415 e. The largest absolute Gasteiger partial charge is 0.415 e. The van der Waals surface area contributed by atoms with Crippen LogP contribution in [0.3, 0.4) is 0 Å². The van der Waals surface area contributed by atoms with Gasteiger partial charge in [-0.15, -0.1) is 0 Å². The molecule has 0 saturated carbocycles. The number of hydrogen-bond acceptors (Lipinski definition) is 7.